The fourth-order valence-corrected chi connectivity index (χ4v) is 2.06. The van der Waals surface area contributed by atoms with Crippen LogP contribution in [0.4, 0.5) is 0 Å². The van der Waals surface area contributed by atoms with Crippen molar-refractivity contribution in [3.05, 3.63) is 23.9 Å². The Labute approximate surface area is 118 Å². The molecule has 1 fully saturated rings. The molecule has 0 saturated carbocycles. The molecule has 1 saturated heterocycles. The Morgan fingerprint density at radius 3 is 3.00 bits per heavy atom. The maximum Gasteiger partial charge on any atom is 0.255 e. The normalized spacial score (nSPS) is 18.0. The lowest BCUT2D eigenvalue weighted by molar-refractivity contribution is 0.0731. The summed E-state index contributed by atoms with van der Waals surface area (Å²) in [6.07, 6.45) is 2.42. The van der Waals surface area contributed by atoms with Crippen molar-refractivity contribution < 1.29 is 19.4 Å². The van der Waals surface area contributed by atoms with Crippen molar-refractivity contribution in [1.29, 1.82) is 0 Å². The average Bonchev–Trinajstić information content (AvgIpc) is 2.98. The Bertz CT molecular complexity index is 429. The van der Waals surface area contributed by atoms with E-state index in [9.17, 15) is 4.79 Å². The number of pyridine rings is 1. The summed E-state index contributed by atoms with van der Waals surface area (Å²) < 4.78 is 10.9. The van der Waals surface area contributed by atoms with E-state index in [2.05, 4.69) is 4.98 Å². The summed E-state index contributed by atoms with van der Waals surface area (Å²) >= 11 is 0. The van der Waals surface area contributed by atoms with Crippen molar-refractivity contribution in [2.45, 2.75) is 19.4 Å². The van der Waals surface area contributed by atoms with Crippen molar-refractivity contribution in [3.63, 3.8) is 0 Å². The molecule has 1 amide bonds. The number of nitrogens with zero attached hydrogens (tertiary/aromatic N) is 2. The SMILES string of the molecule is CCN(CCO)C(=O)c1ccc(OC2CCOC2)nc1. The van der Waals surface area contributed by atoms with Crippen molar-refractivity contribution in [3.8, 4) is 5.88 Å². The van der Waals surface area contributed by atoms with Crippen LogP contribution in [0.25, 0.3) is 0 Å². The van der Waals surface area contributed by atoms with E-state index in [4.69, 9.17) is 14.6 Å². The topological polar surface area (TPSA) is 71.9 Å². The number of carbonyl (C=O) groups excluding carboxylic acids is 1. The van der Waals surface area contributed by atoms with Gasteiger partial charge in [-0.3, -0.25) is 4.79 Å². The third-order valence-electron chi connectivity index (χ3n) is 3.20. The zero-order valence-corrected chi connectivity index (χ0v) is 11.6. The van der Waals surface area contributed by atoms with E-state index in [1.54, 1.807) is 17.0 Å². The van der Waals surface area contributed by atoms with Gasteiger partial charge in [0, 0.05) is 31.8 Å². The summed E-state index contributed by atoms with van der Waals surface area (Å²) in [6.45, 7) is 4.01. The van der Waals surface area contributed by atoms with Crippen LogP contribution in [-0.2, 0) is 4.74 Å². The lowest BCUT2D eigenvalue weighted by Crippen LogP contribution is -2.33. The lowest BCUT2D eigenvalue weighted by Gasteiger charge is -2.19. The minimum Gasteiger partial charge on any atom is -0.472 e. The van der Waals surface area contributed by atoms with Crippen molar-refractivity contribution >= 4 is 5.91 Å². The predicted molar refractivity (Wildman–Crippen MR) is 72.8 cm³/mol. The van der Waals surface area contributed by atoms with Crippen molar-refractivity contribution in [1.82, 2.24) is 9.88 Å². The standard InChI is InChI=1S/C14H20N2O4/c1-2-16(6-7-17)14(18)11-3-4-13(15-9-11)20-12-5-8-19-10-12/h3-4,9,12,17H,2,5-8,10H2,1H3. The van der Waals surface area contributed by atoms with Crippen LogP contribution in [0.5, 0.6) is 5.88 Å². The van der Waals surface area contributed by atoms with E-state index in [-0.39, 0.29) is 18.6 Å². The van der Waals surface area contributed by atoms with Gasteiger partial charge in [-0.05, 0) is 13.0 Å². The van der Waals surface area contributed by atoms with Gasteiger partial charge in [0.25, 0.3) is 5.91 Å². The van der Waals surface area contributed by atoms with Gasteiger partial charge in [0.15, 0.2) is 0 Å². The van der Waals surface area contributed by atoms with Crippen LogP contribution in [0, 0.1) is 0 Å². The van der Waals surface area contributed by atoms with Crippen LogP contribution in [0.3, 0.4) is 0 Å². The molecule has 20 heavy (non-hydrogen) atoms. The summed E-state index contributed by atoms with van der Waals surface area (Å²) in [5, 5.41) is 8.93. The second-order valence-electron chi connectivity index (χ2n) is 4.60. The number of aromatic nitrogens is 1. The molecule has 1 N–H and O–H groups in total. The molecule has 110 valence electrons. The number of amides is 1. The van der Waals surface area contributed by atoms with Crippen LogP contribution >= 0.6 is 0 Å². The van der Waals surface area contributed by atoms with Gasteiger partial charge in [-0.25, -0.2) is 4.98 Å². The maximum absolute atomic E-state index is 12.1. The number of rotatable bonds is 6. The first-order valence-corrected chi connectivity index (χ1v) is 6.85. The monoisotopic (exact) mass is 280 g/mol. The zero-order valence-electron chi connectivity index (χ0n) is 11.6. The molecule has 2 rings (SSSR count). The van der Waals surface area contributed by atoms with Gasteiger partial charge >= 0.3 is 0 Å². The number of hydrogen-bond acceptors (Lipinski definition) is 5. The molecular weight excluding hydrogens is 260 g/mol. The van der Waals surface area contributed by atoms with Crippen LogP contribution < -0.4 is 4.74 Å². The minimum atomic E-state index is -0.134. The van der Waals surface area contributed by atoms with Crippen LogP contribution in [0.15, 0.2) is 18.3 Å². The number of aliphatic hydroxyl groups excluding tert-OH is 1. The van der Waals surface area contributed by atoms with Gasteiger partial charge in [-0.2, -0.15) is 0 Å². The van der Waals surface area contributed by atoms with E-state index in [1.165, 1.54) is 6.20 Å². The first-order chi connectivity index (χ1) is 9.74. The second-order valence-corrected chi connectivity index (χ2v) is 4.60. The van der Waals surface area contributed by atoms with E-state index < -0.39 is 0 Å². The molecule has 0 aliphatic carbocycles. The Balaban J connectivity index is 1.97. The largest absolute Gasteiger partial charge is 0.472 e. The number of ether oxygens (including phenoxy) is 2. The number of aliphatic hydroxyl groups is 1. The van der Waals surface area contributed by atoms with Gasteiger partial charge in [-0.15, -0.1) is 0 Å². The quantitative estimate of drug-likeness (QED) is 0.830. The molecule has 0 aromatic carbocycles. The molecule has 1 aromatic rings. The van der Waals surface area contributed by atoms with Crippen LogP contribution in [0.1, 0.15) is 23.7 Å². The molecule has 6 nitrogen and oxygen atoms in total. The summed E-state index contributed by atoms with van der Waals surface area (Å²) in [6, 6.07) is 3.39. The molecule has 1 aliphatic rings. The maximum atomic E-state index is 12.1. The van der Waals surface area contributed by atoms with E-state index >= 15 is 0 Å². The smallest absolute Gasteiger partial charge is 0.255 e. The number of carbonyl (C=O) groups is 1. The highest BCUT2D eigenvalue weighted by Crippen LogP contribution is 2.15. The van der Waals surface area contributed by atoms with Gasteiger partial charge in [0.05, 0.1) is 25.4 Å². The molecule has 1 aromatic heterocycles. The molecule has 0 spiro atoms. The molecular formula is C14H20N2O4. The molecule has 1 aliphatic heterocycles. The van der Waals surface area contributed by atoms with Gasteiger partial charge in [-0.1, -0.05) is 0 Å². The lowest BCUT2D eigenvalue weighted by atomic mass is 10.2. The Morgan fingerprint density at radius 1 is 1.60 bits per heavy atom. The zero-order chi connectivity index (χ0) is 14.4. The molecule has 0 radical (unpaired) electrons. The Morgan fingerprint density at radius 2 is 2.45 bits per heavy atom. The van der Waals surface area contributed by atoms with Crippen LogP contribution in [0.2, 0.25) is 0 Å². The fourth-order valence-electron chi connectivity index (χ4n) is 2.06. The third-order valence-corrected chi connectivity index (χ3v) is 3.20. The van der Waals surface area contributed by atoms with Gasteiger partial charge < -0.3 is 19.5 Å². The number of likely N-dealkylation sites (N-methyl/N-ethyl adjacent to an activating group) is 1. The second kappa shape index (κ2) is 7.21. The first-order valence-electron chi connectivity index (χ1n) is 6.85. The summed E-state index contributed by atoms with van der Waals surface area (Å²) in [5.74, 6) is 0.368. The Kier molecular flexibility index (Phi) is 5.31. The van der Waals surface area contributed by atoms with Crippen LogP contribution in [-0.4, -0.2) is 59.9 Å². The minimum absolute atomic E-state index is 0.0458. The highest BCUT2D eigenvalue weighted by Gasteiger charge is 2.18. The number of hydrogen-bond donors (Lipinski definition) is 1. The molecule has 0 bridgehead atoms. The highest BCUT2D eigenvalue weighted by molar-refractivity contribution is 5.93. The molecule has 1 unspecified atom stereocenters. The summed E-state index contributed by atoms with van der Waals surface area (Å²) in [5.41, 5.74) is 0.496. The Hall–Kier alpha value is -1.66. The van der Waals surface area contributed by atoms with Gasteiger partial charge in [0.1, 0.15) is 6.10 Å². The predicted octanol–water partition coefficient (Wildman–Crippen LogP) is 0.704. The molecule has 6 heteroatoms. The van der Waals surface area contributed by atoms with E-state index in [0.717, 1.165) is 6.42 Å². The molecule has 2 heterocycles. The van der Waals surface area contributed by atoms with Gasteiger partial charge in [0.2, 0.25) is 5.88 Å². The first kappa shape index (κ1) is 14.7. The van der Waals surface area contributed by atoms with Crippen molar-refractivity contribution in [2.75, 3.05) is 32.9 Å². The van der Waals surface area contributed by atoms with Crippen molar-refractivity contribution in [2.24, 2.45) is 0 Å². The highest BCUT2D eigenvalue weighted by atomic mass is 16.5. The fraction of sp³-hybridized carbons (Fsp3) is 0.571. The summed E-state index contributed by atoms with van der Waals surface area (Å²) in [4.78, 5) is 17.9. The molecule has 1 atom stereocenters. The average molecular weight is 280 g/mol. The summed E-state index contributed by atoms with van der Waals surface area (Å²) in [7, 11) is 0. The van der Waals surface area contributed by atoms with E-state index in [1.807, 2.05) is 6.92 Å². The van der Waals surface area contributed by atoms with E-state index in [0.29, 0.717) is 37.7 Å². The third kappa shape index (κ3) is 3.68.